The van der Waals surface area contributed by atoms with E-state index in [1.807, 2.05) is 25.1 Å². The van der Waals surface area contributed by atoms with Gasteiger partial charge in [-0.2, -0.15) is 0 Å². The Hall–Kier alpha value is -1.87. The van der Waals surface area contributed by atoms with Crippen LogP contribution in [0.4, 0.5) is 4.39 Å². The zero-order valence-corrected chi connectivity index (χ0v) is 11.1. The van der Waals surface area contributed by atoms with Crippen LogP contribution in [0.15, 0.2) is 42.5 Å². The second-order valence-electron chi connectivity index (χ2n) is 4.57. The molecule has 0 aliphatic heterocycles. The smallest absolute Gasteiger partial charge is 0.123 e. The molecule has 2 rings (SSSR count). The zero-order chi connectivity index (χ0) is 13.8. The Morgan fingerprint density at radius 3 is 2.42 bits per heavy atom. The summed E-state index contributed by atoms with van der Waals surface area (Å²) in [6, 6.07) is 11.8. The summed E-state index contributed by atoms with van der Waals surface area (Å²) in [7, 11) is 1.61. The Bertz CT molecular complexity index is 549. The molecule has 19 heavy (non-hydrogen) atoms. The van der Waals surface area contributed by atoms with Crippen molar-refractivity contribution in [1.82, 2.24) is 0 Å². The molecule has 1 N–H and O–H groups in total. The predicted molar refractivity (Wildman–Crippen MR) is 72.8 cm³/mol. The van der Waals surface area contributed by atoms with Crippen molar-refractivity contribution < 1.29 is 14.2 Å². The number of aliphatic hydroxyl groups excluding tert-OH is 1. The van der Waals surface area contributed by atoms with Crippen LogP contribution < -0.4 is 4.74 Å². The van der Waals surface area contributed by atoms with Gasteiger partial charge >= 0.3 is 0 Å². The van der Waals surface area contributed by atoms with E-state index in [0.717, 1.165) is 22.4 Å². The molecular weight excluding hydrogens is 243 g/mol. The van der Waals surface area contributed by atoms with E-state index in [0.29, 0.717) is 6.42 Å². The lowest BCUT2D eigenvalue weighted by Gasteiger charge is -2.14. The average Bonchev–Trinajstić information content (AvgIpc) is 2.41. The van der Waals surface area contributed by atoms with Crippen molar-refractivity contribution in [2.75, 3.05) is 7.11 Å². The Kier molecular flexibility index (Phi) is 4.17. The SMILES string of the molecule is COc1ccc(C(O)Cc2ccc(F)cc2)c(C)c1. The second-order valence-corrected chi connectivity index (χ2v) is 4.57. The summed E-state index contributed by atoms with van der Waals surface area (Å²) in [4.78, 5) is 0. The third kappa shape index (κ3) is 3.32. The summed E-state index contributed by atoms with van der Waals surface area (Å²) in [5.74, 6) is 0.508. The molecule has 2 nitrogen and oxygen atoms in total. The second kappa shape index (κ2) is 5.85. The first-order chi connectivity index (χ1) is 9.10. The zero-order valence-electron chi connectivity index (χ0n) is 11.1. The van der Waals surface area contributed by atoms with Crippen molar-refractivity contribution in [3.8, 4) is 5.75 Å². The summed E-state index contributed by atoms with van der Waals surface area (Å²) in [5.41, 5.74) is 2.75. The normalized spacial score (nSPS) is 12.2. The van der Waals surface area contributed by atoms with Gasteiger partial charge in [0.05, 0.1) is 13.2 Å². The van der Waals surface area contributed by atoms with Crippen molar-refractivity contribution in [2.45, 2.75) is 19.4 Å². The van der Waals surface area contributed by atoms with Crippen LogP contribution in [0.1, 0.15) is 22.8 Å². The number of aryl methyl sites for hydroxylation is 1. The minimum absolute atomic E-state index is 0.265. The van der Waals surface area contributed by atoms with Gasteiger partial charge in [-0.25, -0.2) is 4.39 Å². The van der Waals surface area contributed by atoms with Crippen molar-refractivity contribution >= 4 is 0 Å². The Morgan fingerprint density at radius 2 is 1.84 bits per heavy atom. The number of halogens is 1. The van der Waals surface area contributed by atoms with Gasteiger partial charge < -0.3 is 9.84 Å². The molecule has 2 aromatic carbocycles. The monoisotopic (exact) mass is 260 g/mol. The largest absolute Gasteiger partial charge is 0.497 e. The standard InChI is InChI=1S/C16H17FO2/c1-11-9-14(19-2)7-8-15(11)16(18)10-12-3-5-13(17)6-4-12/h3-9,16,18H,10H2,1-2H3. The molecule has 2 aromatic rings. The van der Waals surface area contributed by atoms with Gasteiger partial charge in [0.25, 0.3) is 0 Å². The van der Waals surface area contributed by atoms with E-state index in [1.54, 1.807) is 19.2 Å². The topological polar surface area (TPSA) is 29.5 Å². The van der Waals surface area contributed by atoms with E-state index >= 15 is 0 Å². The first-order valence-electron chi connectivity index (χ1n) is 6.17. The minimum atomic E-state index is -0.601. The maximum atomic E-state index is 12.8. The number of hydrogen-bond acceptors (Lipinski definition) is 2. The number of rotatable bonds is 4. The molecule has 0 heterocycles. The first kappa shape index (κ1) is 13.6. The third-order valence-corrected chi connectivity index (χ3v) is 3.18. The third-order valence-electron chi connectivity index (χ3n) is 3.18. The van der Waals surface area contributed by atoms with Crippen molar-refractivity contribution in [3.63, 3.8) is 0 Å². The van der Waals surface area contributed by atoms with Crippen LogP contribution in [0, 0.1) is 12.7 Å². The van der Waals surface area contributed by atoms with E-state index in [1.165, 1.54) is 12.1 Å². The molecule has 3 heteroatoms. The summed E-state index contributed by atoms with van der Waals surface area (Å²) in [6.07, 6.45) is -0.135. The molecule has 0 aliphatic carbocycles. The van der Waals surface area contributed by atoms with Crippen LogP contribution in [-0.4, -0.2) is 12.2 Å². The molecule has 0 radical (unpaired) electrons. The number of ether oxygens (including phenoxy) is 1. The van der Waals surface area contributed by atoms with Gasteiger partial charge in [0.2, 0.25) is 0 Å². The van der Waals surface area contributed by atoms with E-state index < -0.39 is 6.10 Å². The molecule has 0 aromatic heterocycles. The van der Waals surface area contributed by atoms with Crippen molar-refractivity contribution in [1.29, 1.82) is 0 Å². The van der Waals surface area contributed by atoms with Crippen molar-refractivity contribution in [2.24, 2.45) is 0 Å². The number of aliphatic hydroxyl groups is 1. The Labute approximate surface area is 112 Å². The highest BCUT2D eigenvalue weighted by molar-refractivity contribution is 5.36. The average molecular weight is 260 g/mol. The van der Waals surface area contributed by atoms with Gasteiger partial charge in [-0.3, -0.25) is 0 Å². The van der Waals surface area contributed by atoms with Crippen LogP contribution >= 0.6 is 0 Å². The number of benzene rings is 2. The van der Waals surface area contributed by atoms with Crippen LogP contribution in [-0.2, 0) is 6.42 Å². The maximum absolute atomic E-state index is 12.8. The van der Waals surface area contributed by atoms with Crippen LogP contribution in [0.3, 0.4) is 0 Å². The molecule has 1 unspecified atom stereocenters. The lowest BCUT2D eigenvalue weighted by Crippen LogP contribution is -2.04. The van der Waals surface area contributed by atoms with Gasteiger partial charge in [0.15, 0.2) is 0 Å². The predicted octanol–water partition coefficient (Wildman–Crippen LogP) is 3.42. The molecule has 1 atom stereocenters. The van der Waals surface area contributed by atoms with Gasteiger partial charge in [-0.05, 0) is 47.9 Å². The molecule has 0 saturated carbocycles. The fourth-order valence-electron chi connectivity index (χ4n) is 2.10. The Balaban J connectivity index is 2.15. The maximum Gasteiger partial charge on any atom is 0.123 e. The summed E-state index contributed by atoms with van der Waals surface area (Å²) in [6.45, 7) is 1.94. The van der Waals surface area contributed by atoms with Crippen LogP contribution in [0.2, 0.25) is 0 Å². The summed E-state index contributed by atoms with van der Waals surface area (Å²) < 4.78 is 18.0. The van der Waals surface area contributed by atoms with E-state index in [4.69, 9.17) is 4.74 Å². The van der Waals surface area contributed by atoms with Gasteiger partial charge in [-0.15, -0.1) is 0 Å². The van der Waals surface area contributed by atoms with E-state index in [-0.39, 0.29) is 5.82 Å². The van der Waals surface area contributed by atoms with E-state index in [9.17, 15) is 9.50 Å². The van der Waals surface area contributed by atoms with Gasteiger partial charge in [-0.1, -0.05) is 18.2 Å². The quantitative estimate of drug-likeness (QED) is 0.912. The molecular formula is C16H17FO2. The molecule has 100 valence electrons. The summed E-state index contributed by atoms with van der Waals surface area (Å²) in [5, 5.41) is 10.3. The lowest BCUT2D eigenvalue weighted by atomic mass is 9.97. The lowest BCUT2D eigenvalue weighted by molar-refractivity contribution is 0.177. The molecule has 0 saturated heterocycles. The number of methoxy groups -OCH3 is 1. The summed E-state index contributed by atoms with van der Waals surface area (Å²) >= 11 is 0. The van der Waals surface area contributed by atoms with Crippen LogP contribution in [0.25, 0.3) is 0 Å². The highest BCUT2D eigenvalue weighted by Gasteiger charge is 2.12. The number of hydrogen-bond donors (Lipinski definition) is 1. The minimum Gasteiger partial charge on any atom is -0.497 e. The molecule has 0 aliphatic rings. The Morgan fingerprint density at radius 1 is 1.16 bits per heavy atom. The van der Waals surface area contributed by atoms with E-state index in [2.05, 4.69) is 0 Å². The molecule has 0 bridgehead atoms. The molecule has 0 fully saturated rings. The van der Waals surface area contributed by atoms with Gasteiger partial charge in [0.1, 0.15) is 11.6 Å². The molecule has 0 amide bonds. The van der Waals surface area contributed by atoms with Crippen LogP contribution in [0.5, 0.6) is 5.75 Å². The molecule has 0 spiro atoms. The highest BCUT2D eigenvalue weighted by atomic mass is 19.1. The highest BCUT2D eigenvalue weighted by Crippen LogP contribution is 2.25. The van der Waals surface area contributed by atoms with Gasteiger partial charge in [0, 0.05) is 6.42 Å². The first-order valence-corrected chi connectivity index (χ1v) is 6.17. The fourth-order valence-corrected chi connectivity index (χ4v) is 2.10. The van der Waals surface area contributed by atoms with Crippen molar-refractivity contribution in [3.05, 3.63) is 65.0 Å². The fraction of sp³-hybridized carbons (Fsp3) is 0.250.